The van der Waals surface area contributed by atoms with Crippen LogP contribution in [0.2, 0.25) is 0 Å². The molecule has 0 spiro atoms. The molecule has 0 aliphatic heterocycles. The maximum absolute atomic E-state index is 6.13. The van der Waals surface area contributed by atoms with Crippen LogP contribution in [0, 0.1) is 0 Å². The Bertz CT molecular complexity index is 443. The monoisotopic (exact) mass is 562 g/mol. The normalized spacial score (nSPS) is 13.7. The standard InChI is InChI=1S/C32H60Cl2O3/c1-3-5-7-9-11-17-23-31(25-19-13-15-21-27-33)36-29-35-30-37-32(26-20-14-16-22-28-34)24-18-12-10-8-6-4-2/h13-16,31-32H,3-12,17-30H2,1-2H3/b15-13-,16-14-. The SMILES string of the molecule is CCCCCCCCC(CC/C=C\CCCl)OCOCOC(CC/C=C\CCCl)CCCCCCCC. The molecule has 3 nitrogen and oxygen atoms in total. The minimum atomic E-state index is 0.248. The summed E-state index contributed by atoms with van der Waals surface area (Å²) < 4.78 is 18.1. The Morgan fingerprint density at radius 1 is 0.486 bits per heavy atom. The van der Waals surface area contributed by atoms with Crippen LogP contribution in [0.4, 0.5) is 0 Å². The second-order valence-corrected chi connectivity index (χ2v) is 10.9. The number of allylic oxidation sites excluding steroid dienone is 4. The van der Waals surface area contributed by atoms with E-state index in [-0.39, 0.29) is 12.2 Å². The summed E-state index contributed by atoms with van der Waals surface area (Å²) in [6.45, 7) is 5.15. The zero-order chi connectivity index (χ0) is 27.1. The van der Waals surface area contributed by atoms with E-state index in [1.54, 1.807) is 0 Å². The number of alkyl halides is 2. The number of ether oxygens (including phenoxy) is 3. The first-order valence-electron chi connectivity index (χ1n) is 15.5. The average molecular weight is 564 g/mol. The van der Waals surface area contributed by atoms with Gasteiger partial charge in [-0.3, -0.25) is 0 Å². The van der Waals surface area contributed by atoms with Crippen molar-refractivity contribution in [2.24, 2.45) is 0 Å². The molecule has 0 heterocycles. The average Bonchev–Trinajstić information content (AvgIpc) is 2.91. The van der Waals surface area contributed by atoms with E-state index < -0.39 is 0 Å². The number of rotatable bonds is 30. The summed E-state index contributed by atoms with van der Waals surface area (Å²) in [4.78, 5) is 0. The van der Waals surface area contributed by atoms with Gasteiger partial charge >= 0.3 is 0 Å². The highest BCUT2D eigenvalue weighted by Crippen LogP contribution is 2.17. The topological polar surface area (TPSA) is 27.7 Å². The third kappa shape index (κ3) is 28.8. The molecule has 0 radical (unpaired) electrons. The summed E-state index contributed by atoms with van der Waals surface area (Å²) in [5, 5.41) is 0. The van der Waals surface area contributed by atoms with Gasteiger partial charge in [0.1, 0.15) is 13.6 Å². The molecular weight excluding hydrogens is 503 g/mol. The number of hydrogen-bond donors (Lipinski definition) is 0. The van der Waals surface area contributed by atoms with Crippen LogP contribution in [-0.2, 0) is 14.2 Å². The largest absolute Gasteiger partial charge is 0.352 e. The van der Waals surface area contributed by atoms with Crippen LogP contribution in [0.15, 0.2) is 24.3 Å². The molecule has 0 bridgehead atoms. The molecule has 0 aliphatic carbocycles. The smallest absolute Gasteiger partial charge is 0.149 e. The van der Waals surface area contributed by atoms with E-state index in [4.69, 9.17) is 37.4 Å². The van der Waals surface area contributed by atoms with Gasteiger partial charge in [-0.1, -0.05) is 115 Å². The van der Waals surface area contributed by atoms with Gasteiger partial charge in [-0.15, -0.1) is 23.2 Å². The zero-order valence-corrected chi connectivity index (χ0v) is 25.9. The molecule has 0 aromatic carbocycles. The summed E-state index contributed by atoms with van der Waals surface area (Å²) in [6.07, 6.45) is 33.3. The molecular formula is C32H60Cl2O3. The van der Waals surface area contributed by atoms with Gasteiger partial charge in [-0.05, 0) is 51.4 Å². The Balaban J connectivity index is 4.33. The van der Waals surface area contributed by atoms with Crippen LogP contribution in [0.25, 0.3) is 0 Å². The molecule has 220 valence electrons. The van der Waals surface area contributed by atoms with E-state index in [2.05, 4.69) is 38.2 Å². The Kier molecular flexibility index (Phi) is 32.1. The maximum Gasteiger partial charge on any atom is 0.149 e. The van der Waals surface area contributed by atoms with E-state index in [0.29, 0.717) is 25.3 Å². The Labute approximate surface area is 241 Å². The first kappa shape index (κ1) is 36.9. The van der Waals surface area contributed by atoms with Crippen LogP contribution < -0.4 is 0 Å². The maximum atomic E-state index is 6.13. The fourth-order valence-corrected chi connectivity index (χ4v) is 4.66. The fourth-order valence-electron chi connectivity index (χ4n) is 4.41. The molecule has 0 aromatic heterocycles. The predicted octanol–water partition coefficient (Wildman–Crippen LogP) is 11.1. The highest BCUT2D eigenvalue weighted by atomic mass is 35.5. The van der Waals surface area contributed by atoms with Crippen molar-refractivity contribution in [3.05, 3.63) is 24.3 Å². The van der Waals surface area contributed by atoms with Crippen LogP contribution in [-0.4, -0.2) is 37.6 Å². The molecule has 2 unspecified atom stereocenters. The van der Waals surface area contributed by atoms with Crippen LogP contribution in [0.1, 0.15) is 142 Å². The first-order valence-corrected chi connectivity index (χ1v) is 16.6. The molecule has 0 saturated carbocycles. The highest BCUT2D eigenvalue weighted by molar-refractivity contribution is 6.18. The lowest BCUT2D eigenvalue weighted by Crippen LogP contribution is -2.19. The van der Waals surface area contributed by atoms with Crippen molar-refractivity contribution in [3.8, 4) is 0 Å². The van der Waals surface area contributed by atoms with Crippen molar-refractivity contribution in [1.29, 1.82) is 0 Å². The van der Waals surface area contributed by atoms with E-state index in [0.717, 1.165) is 51.4 Å². The summed E-state index contributed by atoms with van der Waals surface area (Å²) in [7, 11) is 0. The Hall–Kier alpha value is -0.0600. The molecule has 0 aromatic rings. The van der Waals surface area contributed by atoms with Crippen LogP contribution >= 0.6 is 23.2 Å². The number of halogens is 2. The Morgan fingerprint density at radius 2 is 0.865 bits per heavy atom. The van der Waals surface area contributed by atoms with Crippen molar-refractivity contribution in [1.82, 2.24) is 0 Å². The highest BCUT2D eigenvalue weighted by Gasteiger charge is 2.11. The second kappa shape index (κ2) is 32.2. The van der Waals surface area contributed by atoms with Crippen LogP contribution in [0.5, 0.6) is 0 Å². The van der Waals surface area contributed by atoms with E-state index in [1.165, 1.54) is 77.0 Å². The van der Waals surface area contributed by atoms with Gasteiger partial charge in [-0.25, -0.2) is 0 Å². The summed E-state index contributed by atoms with van der Waals surface area (Å²) in [6, 6.07) is 0. The van der Waals surface area contributed by atoms with E-state index in [1.807, 2.05) is 0 Å². The molecule has 0 aliphatic rings. The Morgan fingerprint density at radius 3 is 1.27 bits per heavy atom. The van der Waals surface area contributed by atoms with Crippen molar-refractivity contribution < 1.29 is 14.2 Å². The molecule has 0 fully saturated rings. The molecule has 5 heteroatoms. The van der Waals surface area contributed by atoms with Crippen LogP contribution in [0.3, 0.4) is 0 Å². The predicted molar refractivity (Wildman–Crippen MR) is 164 cm³/mol. The lowest BCUT2D eigenvalue weighted by Gasteiger charge is -2.20. The van der Waals surface area contributed by atoms with Gasteiger partial charge in [0.05, 0.1) is 12.2 Å². The molecule has 0 N–H and O–H groups in total. The first-order chi connectivity index (χ1) is 18.3. The van der Waals surface area contributed by atoms with Gasteiger partial charge in [0.25, 0.3) is 0 Å². The van der Waals surface area contributed by atoms with Gasteiger partial charge < -0.3 is 14.2 Å². The van der Waals surface area contributed by atoms with Gasteiger partial charge in [0.2, 0.25) is 0 Å². The third-order valence-corrected chi connectivity index (χ3v) is 7.17. The van der Waals surface area contributed by atoms with Gasteiger partial charge in [0.15, 0.2) is 0 Å². The summed E-state index contributed by atoms with van der Waals surface area (Å²) in [5.74, 6) is 1.37. The fraction of sp³-hybridized carbons (Fsp3) is 0.875. The minimum absolute atomic E-state index is 0.248. The summed E-state index contributed by atoms with van der Waals surface area (Å²) >= 11 is 11.5. The molecule has 37 heavy (non-hydrogen) atoms. The zero-order valence-electron chi connectivity index (χ0n) is 24.4. The van der Waals surface area contributed by atoms with Crippen molar-refractivity contribution >= 4 is 23.2 Å². The molecule has 0 saturated heterocycles. The van der Waals surface area contributed by atoms with E-state index in [9.17, 15) is 0 Å². The second-order valence-electron chi connectivity index (χ2n) is 10.2. The number of unbranched alkanes of at least 4 members (excludes halogenated alkanes) is 10. The molecule has 0 rings (SSSR count). The minimum Gasteiger partial charge on any atom is -0.352 e. The summed E-state index contributed by atoms with van der Waals surface area (Å²) in [5.41, 5.74) is 0. The molecule has 2 atom stereocenters. The van der Waals surface area contributed by atoms with Gasteiger partial charge in [-0.2, -0.15) is 0 Å². The lowest BCUT2D eigenvalue weighted by molar-refractivity contribution is -0.167. The van der Waals surface area contributed by atoms with E-state index >= 15 is 0 Å². The lowest BCUT2D eigenvalue weighted by atomic mass is 10.0. The van der Waals surface area contributed by atoms with Crippen molar-refractivity contribution in [2.75, 3.05) is 25.3 Å². The van der Waals surface area contributed by atoms with Crippen molar-refractivity contribution in [3.63, 3.8) is 0 Å². The quantitative estimate of drug-likeness (QED) is 0.0376. The molecule has 0 amide bonds. The van der Waals surface area contributed by atoms with Gasteiger partial charge in [0, 0.05) is 11.8 Å². The van der Waals surface area contributed by atoms with Crippen molar-refractivity contribution in [2.45, 2.75) is 154 Å². The number of hydrogen-bond acceptors (Lipinski definition) is 3. The third-order valence-electron chi connectivity index (χ3n) is 6.73.